The van der Waals surface area contributed by atoms with Crippen molar-refractivity contribution in [2.45, 2.75) is 33.1 Å². The molecule has 5 heteroatoms. The van der Waals surface area contributed by atoms with Crippen LogP contribution < -0.4 is 5.32 Å². The zero-order valence-corrected chi connectivity index (χ0v) is 13.6. The van der Waals surface area contributed by atoms with Crippen molar-refractivity contribution in [3.63, 3.8) is 0 Å². The molecule has 0 aliphatic carbocycles. The average Bonchev–Trinajstić information content (AvgIpc) is 2.55. The molecule has 1 aromatic carbocycles. The largest absolute Gasteiger partial charge is 0.339 e. The van der Waals surface area contributed by atoms with E-state index >= 15 is 0 Å². The number of nitrogens with zero attached hydrogens (tertiary/aromatic N) is 1. The van der Waals surface area contributed by atoms with Crippen LogP contribution in [-0.4, -0.2) is 35.6 Å². The maximum absolute atomic E-state index is 12.2. The van der Waals surface area contributed by atoms with Crippen molar-refractivity contribution in [3.8, 4) is 0 Å². The lowest BCUT2D eigenvalue weighted by Gasteiger charge is -2.26. The number of piperidine rings is 1. The predicted octanol–water partition coefficient (Wildman–Crippen LogP) is 2.79. The first-order chi connectivity index (χ1) is 11.0. The maximum Gasteiger partial charge on any atom is 0.249 e. The predicted molar refractivity (Wildman–Crippen MR) is 89.3 cm³/mol. The van der Waals surface area contributed by atoms with Gasteiger partial charge in [-0.2, -0.15) is 0 Å². The molecule has 1 fully saturated rings. The Kier molecular flexibility index (Phi) is 5.68. The molecule has 1 heterocycles. The Morgan fingerprint density at radius 2 is 1.61 bits per heavy atom. The molecule has 0 saturated carbocycles. The number of hydrogen-bond donors (Lipinski definition) is 1. The Balaban J connectivity index is 1.96. The highest BCUT2D eigenvalue weighted by Gasteiger charge is 2.18. The van der Waals surface area contributed by atoms with Gasteiger partial charge in [0.25, 0.3) is 0 Å². The Morgan fingerprint density at radius 3 is 2.17 bits per heavy atom. The van der Waals surface area contributed by atoms with Crippen LogP contribution in [0, 0.1) is 0 Å². The topological polar surface area (TPSA) is 66.5 Å². The van der Waals surface area contributed by atoms with E-state index in [4.69, 9.17) is 0 Å². The summed E-state index contributed by atoms with van der Waals surface area (Å²) in [5, 5.41) is 2.70. The molecule has 2 rings (SSSR count). The quantitative estimate of drug-likeness (QED) is 0.686. The van der Waals surface area contributed by atoms with Crippen molar-refractivity contribution in [1.29, 1.82) is 0 Å². The van der Waals surface area contributed by atoms with Gasteiger partial charge in [-0.15, -0.1) is 0 Å². The van der Waals surface area contributed by atoms with Gasteiger partial charge >= 0.3 is 0 Å². The van der Waals surface area contributed by atoms with Gasteiger partial charge in [0, 0.05) is 36.0 Å². The lowest BCUT2D eigenvalue weighted by Crippen LogP contribution is -2.36. The Hall–Kier alpha value is -2.43. The number of nitrogens with one attached hydrogen (secondary N) is 1. The van der Waals surface area contributed by atoms with E-state index in [1.807, 2.05) is 0 Å². The first-order valence-electron chi connectivity index (χ1n) is 7.87. The minimum Gasteiger partial charge on any atom is -0.339 e. The van der Waals surface area contributed by atoms with Crippen LogP contribution in [0.2, 0.25) is 0 Å². The van der Waals surface area contributed by atoms with Crippen LogP contribution in [0.15, 0.2) is 35.9 Å². The van der Waals surface area contributed by atoms with Crippen LogP contribution in [0.4, 0.5) is 5.69 Å². The first kappa shape index (κ1) is 16.9. The van der Waals surface area contributed by atoms with Gasteiger partial charge in [-0.25, -0.2) is 0 Å². The number of ketones is 1. The second-order valence-corrected chi connectivity index (χ2v) is 5.80. The van der Waals surface area contributed by atoms with Crippen LogP contribution in [0.25, 0.3) is 0 Å². The lowest BCUT2D eigenvalue weighted by atomic mass is 10.1. The SMILES string of the molecule is CC(=O)c1ccc(NC(=O)/C=C(/C)C(=O)N2CCCCC2)cc1. The van der Waals surface area contributed by atoms with Gasteiger partial charge in [-0.1, -0.05) is 0 Å². The molecule has 0 unspecified atom stereocenters. The molecule has 23 heavy (non-hydrogen) atoms. The number of benzene rings is 1. The number of Topliss-reactive ketones (excluding diaryl/α,β-unsaturated/α-hetero) is 1. The summed E-state index contributed by atoms with van der Waals surface area (Å²) in [4.78, 5) is 37.3. The zero-order chi connectivity index (χ0) is 16.8. The molecule has 1 N–H and O–H groups in total. The highest BCUT2D eigenvalue weighted by molar-refractivity contribution is 6.06. The number of anilines is 1. The second-order valence-electron chi connectivity index (χ2n) is 5.80. The van der Waals surface area contributed by atoms with Gasteiger partial charge in [0.05, 0.1) is 0 Å². The Morgan fingerprint density at radius 1 is 1.00 bits per heavy atom. The molecular weight excluding hydrogens is 292 g/mol. The fraction of sp³-hybridized carbons (Fsp3) is 0.389. The number of carbonyl (C=O) groups excluding carboxylic acids is 3. The van der Waals surface area contributed by atoms with Crippen LogP contribution in [0.1, 0.15) is 43.5 Å². The van der Waals surface area contributed by atoms with Crippen molar-refractivity contribution in [1.82, 2.24) is 4.90 Å². The standard InChI is InChI=1S/C18H22N2O3/c1-13(18(23)20-10-4-3-5-11-20)12-17(22)19-16-8-6-15(7-9-16)14(2)21/h6-9,12H,3-5,10-11H2,1-2H3,(H,19,22)/b13-12-. The lowest BCUT2D eigenvalue weighted by molar-refractivity contribution is -0.128. The van der Waals surface area contributed by atoms with E-state index in [9.17, 15) is 14.4 Å². The number of likely N-dealkylation sites (tertiary alicyclic amines) is 1. The summed E-state index contributed by atoms with van der Waals surface area (Å²) >= 11 is 0. The van der Waals surface area contributed by atoms with Crippen LogP contribution in [0.3, 0.4) is 0 Å². The average molecular weight is 314 g/mol. The smallest absolute Gasteiger partial charge is 0.249 e. The summed E-state index contributed by atoms with van der Waals surface area (Å²) in [5.41, 5.74) is 1.62. The maximum atomic E-state index is 12.2. The fourth-order valence-electron chi connectivity index (χ4n) is 2.57. The normalized spacial score (nSPS) is 15.2. The van der Waals surface area contributed by atoms with Gasteiger partial charge in [0.1, 0.15) is 0 Å². The van der Waals surface area contributed by atoms with Crippen molar-refractivity contribution in [3.05, 3.63) is 41.5 Å². The summed E-state index contributed by atoms with van der Waals surface area (Å²) in [7, 11) is 0. The number of rotatable bonds is 4. The molecule has 1 aromatic rings. The van der Waals surface area contributed by atoms with E-state index < -0.39 is 0 Å². The third-order valence-corrected chi connectivity index (χ3v) is 3.89. The van der Waals surface area contributed by atoms with E-state index in [0.717, 1.165) is 32.4 Å². The van der Waals surface area contributed by atoms with Crippen LogP contribution in [0.5, 0.6) is 0 Å². The Labute approximate surface area is 136 Å². The van der Waals surface area contributed by atoms with E-state index in [-0.39, 0.29) is 17.6 Å². The van der Waals surface area contributed by atoms with E-state index in [2.05, 4.69) is 5.32 Å². The molecule has 1 aliphatic heterocycles. The number of hydrogen-bond acceptors (Lipinski definition) is 3. The van der Waals surface area contributed by atoms with E-state index in [1.54, 1.807) is 36.1 Å². The molecule has 1 saturated heterocycles. The highest BCUT2D eigenvalue weighted by Crippen LogP contribution is 2.13. The van der Waals surface area contributed by atoms with Gasteiger partial charge < -0.3 is 10.2 Å². The Bertz CT molecular complexity index is 626. The van der Waals surface area contributed by atoms with Crippen molar-refractivity contribution < 1.29 is 14.4 Å². The third-order valence-electron chi connectivity index (χ3n) is 3.89. The zero-order valence-electron chi connectivity index (χ0n) is 13.6. The minimum atomic E-state index is -0.344. The number of carbonyl (C=O) groups is 3. The molecule has 0 radical (unpaired) electrons. The van der Waals surface area contributed by atoms with E-state index in [0.29, 0.717) is 16.8 Å². The fourth-order valence-corrected chi connectivity index (χ4v) is 2.57. The van der Waals surface area contributed by atoms with Crippen molar-refractivity contribution in [2.24, 2.45) is 0 Å². The number of amides is 2. The molecule has 1 aliphatic rings. The van der Waals surface area contributed by atoms with Gasteiger partial charge in [-0.05, 0) is 57.4 Å². The molecule has 0 bridgehead atoms. The van der Waals surface area contributed by atoms with Crippen molar-refractivity contribution >= 4 is 23.3 Å². The highest BCUT2D eigenvalue weighted by atomic mass is 16.2. The minimum absolute atomic E-state index is 0.0225. The first-order valence-corrected chi connectivity index (χ1v) is 7.87. The van der Waals surface area contributed by atoms with Crippen LogP contribution >= 0.6 is 0 Å². The summed E-state index contributed by atoms with van der Waals surface area (Å²) in [6.07, 6.45) is 4.53. The molecule has 0 atom stereocenters. The van der Waals surface area contributed by atoms with Crippen LogP contribution in [-0.2, 0) is 9.59 Å². The van der Waals surface area contributed by atoms with Crippen molar-refractivity contribution in [2.75, 3.05) is 18.4 Å². The van der Waals surface area contributed by atoms with Gasteiger partial charge in [0.2, 0.25) is 11.8 Å². The summed E-state index contributed by atoms with van der Waals surface area (Å²) in [6.45, 7) is 4.68. The molecule has 0 spiro atoms. The summed E-state index contributed by atoms with van der Waals surface area (Å²) in [6, 6.07) is 6.66. The molecule has 5 nitrogen and oxygen atoms in total. The third kappa shape index (κ3) is 4.77. The monoisotopic (exact) mass is 314 g/mol. The molecular formula is C18H22N2O3. The molecule has 2 amide bonds. The molecule has 0 aromatic heterocycles. The van der Waals surface area contributed by atoms with Gasteiger partial charge in [0.15, 0.2) is 5.78 Å². The summed E-state index contributed by atoms with van der Waals surface area (Å²) < 4.78 is 0. The van der Waals surface area contributed by atoms with E-state index in [1.165, 1.54) is 13.0 Å². The summed E-state index contributed by atoms with van der Waals surface area (Å²) in [5.74, 6) is -0.444. The van der Waals surface area contributed by atoms with Gasteiger partial charge in [-0.3, -0.25) is 14.4 Å². The molecule has 122 valence electrons. The second kappa shape index (κ2) is 7.72.